The van der Waals surface area contributed by atoms with E-state index in [1.807, 2.05) is 25.9 Å². The zero-order valence-electron chi connectivity index (χ0n) is 18.9. The molecule has 1 aliphatic rings. The van der Waals surface area contributed by atoms with Crippen LogP contribution in [0.3, 0.4) is 0 Å². The first-order chi connectivity index (χ1) is 15.7. The molecule has 1 atom stereocenters. The summed E-state index contributed by atoms with van der Waals surface area (Å²) in [6, 6.07) is 11.4. The molecule has 1 N–H and O–H groups in total. The molecule has 1 fully saturated rings. The van der Waals surface area contributed by atoms with E-state index in [2.05, 4.69) is 0 Å². The van der Waals surface area contributed by atoms with E-state index in [9.17, 15) is 24.8 Å². The van der Waals surface area contributed by atoms with Crippen LogP contribution in [0.1, 0.15) is 30.5 Å². The largest absolute Gasteiger partial charge is 0.507 e. The van der Waals surface area contributed by atoms with Crippen molar-refractivity contribution in [3.05, 3.63) is 75.3 Å². The predicted molar refractivity (Wildman–Crippen MR) is 123 cm³/mol. The Hall–Kier alpha value is -3.72. The Labute approximate surface area is 192 Å². The number of non-ortho nitro benzene ring substituents is 1. The summed E-state index contributed by atoms with van der Waals surface area (Å²) in [5.41, 5.74) is 0.469. The molecule has 174 valence electrons. The van der Waals surface area contributed by atoms with E-state index in [1.165, 1.54) is 23.1 Å². The van der Waals surface area contributed by atoms with Crippen LogP contribution in [0.25, 0.3) is 5.76 Å². The lowest BCUT2D eigenvalue weighted by atomic mass is 9.95. The molecule has 0 bridgehead atoms. The Morgan fingerprint density at radius 2 is 1.88 bits per heavy atom. The number of aliphatic hydroxyl groups excluding tert-OH is 1. The van der Waals surface area contributed by atoms with Crippen LogP contribution in [0, 0.1) is 10.1 Å². The second-order valence-corrected chi connectivity index (χ2v) is 8.02. The van der Waals surface area contributed by atoms with Gasteiger partial charge >= 0.3 is 0 Å². The first-order valence-corrected chi connectivity index (χ1v) is 10.6. The molecule has 0 radical (unpaired) electrons. The Balaban J connectivity index is 2.10. The molecular weight excluding hydrogens is 426 g/mol. The summed E-state index contributed by atoms with van der Waals surface area (Å²) in [4.78, 5) is 39.9. The maximum atomic E-state index is 13.0. The monoisotopic (exact) mass is 453 g/mol. The van der Waals surface area contributed by atoms with Crippen molar-refractivity contribution in [2.24, 2.45) is 0 Å². The number of likely N-dealkylation sites (N-methyl/N-ethyl adjacent to an activating group) is 1. The van der Waals surface area contributed by atoms with Crippen LogP contribution < -0.4 is 4.74 Å². The molecule has 0 spiro atoms. The molecular formula is C24H27N3O6. The number of carbonyl (C=O) groups is 2. The average Bonchev–Trinajstić information content (AvgIpc) is 3.06. The van der Waals surface area contributed by atoms with Gasteiger partial charge < -0.3 is 19.6 Å². The smallest absolute Gasteiger partial charge is 0.295 e. The van der Waals surface area contributed by atoms with E-state index in [-0.39, 0.29) is 23.6 Å². The van der Waals surface area contributed by atoms with Crippen molar-refractivity contribution in [3.8, 4) is 5.75 Å². The third-order valence-corrected chi connectivity index (χ3v) is 5.33. The number of rotatable bonds is 9. The van der Waals surface area contributed by atoms with Gasteiger partial charge in [0.2, 0.25) is 0 Å². The average molecular weight is 453 g/mol. The number of nitro benzene ring substituents is 1. The lowest BCUT2D eigenvalue weighted by molar-refractivity contribution is -0.384. The second-order valence-electron chi connectivity index (χ2n) is 8.02. The van der Waals surface area contributed by atoms with Crippen LogP contribution in [-0.2, 0) is 9.59 Å². The summed E-state index contributed by atoms with van der Waals surface area (Å²) < 4.78 is 5.56. The van der Waals surface area contributed by atoms with Gasteiger partial charge in [-0.2, -0.15) is 0 Å². The number of ketones is 1. The van der Waals surface area contributed by atoms with Crippen LogP contribution in [0.2, 0.25) is 0 Å². The van der Waals surface area contributed by atoms with E-state index in [4.69, 9.17) is 4.74 Å². The minimum absolute atomic E-state index is 0.0959. The molecule has 1 saturated heterocycles. The third-order valence-electron chi connectivity index (χ3n) is 5.33. The van der Waals surface area contributed by atoms with Gasteiger partial charge in [-0.15, -0.1) is 0 Å². The Morgan fingerprint density at radius 1 is 1.18 bits per heavy atom. The molecule has 1 aliphatic heterocycles. The number of ether oxygens (including phenoxy) is 1. The van der Waals surface area contributed by atoms with E-state index in [0.29, 0.717) is 30.0 Å². The topological polar surface area (TPSA) is 113 Å². The fourth-order valence-electron chi connectivity index (χ4n) is 3.66. The van der Waals surface area contributed by atoms with E-state index in [1.54, 1.807) is 30.3 Å². The summed E-state index contributed by atoms with van der Waals surface area (Å²) in [7, 11) is 3.67. The Kier molecular flexibility index (Phi) is 7.44. The van der Waals surface area contributed by atoms with Gasteiger partial charge in [-0.05, 0) is 50.3 Å². The molecule has 2 aromatic rings. The zero-order valence-corrected chi connectivity index (χ0v) is 18.9. The molecule has 1 amide bonds. The number of hydrogen-bond donors (Lipinski definition) is 1. The summed E-state index contributed by atoms with van der Waals surface area (Å²) in [5, 5.41) is 22.4. The molecule has 0 aromatic heterocycles. The number of likely N-dealkylation sites (tertiary alicyclic amines) is 1. The predicted octanol–water partition coefficient (Wildman–Crippen LogP) is 3.37. The summed E-state index contributed by atoms with van der Waals surface area (Å²) in [5.74, 6) is -1.29. The standard InChI is InChI=1S/C24H27N3O6/c1-4-14-33-19-10-8-16(9-11-19)22(28)20-21(17-6-5-7-18(15-17)27(31)32)26(13-12-25(2)3)24(30)23(20)29/h5-11,15,21,28H,4,12-14H2,1-3H3/b22-20+/t21-/m1/s1. The SMILES string of the molecule is CCCOc1ccc(/C(O)=C2\C(=O)C(=O)N(CCN(C)C)[C@@H]2c2cccc([N+](=O)[O-])c2)cc1. The van der Waals surface area contributed by atoms with Crippen molar-refractivity contribution in [1.29, 1.82) is 0 Å². The number of nitrogens with zero attached hydrogens (tertiary/aromatic N) is 3. The number of amides is 1. The molecule has 0 unspecified atom stereocenters. The fourth-order valence-corrected chi connectivity index (χ4v) is 3.66. The van der Waals surface area contributed by atoms with Crippen molar-refractivity contribution in [3.63, 3.8) is 0 Å². The van der Waals surface area contributed by atoms with Gasteiger partial charge in [0.15, 0.2) is 0 Å². The van der Waals surface area contributed by atoms with Crippen LogP contribution in [-0.4, -0.2) is 65.3 Å². The fraction of sp³-hybridized carbons (Fsp3) is 0.333. The van der Waals surface area contributed by atoms with Crippen LogP contribution in [0.15, 0.2) is 54.1 Å². The van der Waals surface area contributed by atoms with Gasteiger partial charge in [0, 0.05) is 30.8 Å². The van der Waals surface area contributed by atoms with Crippen molar-refractivity contribution in [2.75, 3.05) is 33.8 Å². The first-order valence-electron chi connectivity index (χ1n) is 10.6. The van der Waals surface area contributed by atoms with Crippen molar-refractivity contribution < 1.29 is 24.4 Å². The lowest BCUT2D eigenvalue weighted by Crippen LogP contribution is -2.35. The number of aliphatic hydroxyl groups is 1. The second kappa shape index (κ2) is 10.3. The molecule has 3 rings (SSSR count). The van der Waals surface area contributed by atoms with Crippen molar-refractivity contribution in [2.45, 2.75) is 19.4 Å². The maximum Gasteiger partial charge on any atom is 0.295 e. The van der Waals surface area contributed by atoms with Gasteiger partial charge in [0.1, 0.15) is 11.5 Å². The highest BCUT2D eigenvalue weighted by molar-refractivity contribution is 6.46. The van der Waals surface area contributed by atoms with Gasteiger partial charge in [-0.1, -0.05) is 19.1 Å². The molecule has 33 heavy (non-hydrogen) atoms. The van der Waals surface area contributed by atoms with E-state index < -0.39 is 22.7 Å². The summed E-state index contributed by atoms with van der Waals surface area (Å²) in [6.07, 6.45) is 0.849. The molecule has 0 saturated carbocycles. The van der Waals surface area contributed by atoms with Crippen molar-refractivity contribution in [1.82, 2.24) is 9.80 Å². The van der Waals surface area contributed by atoms with Crippen LogP contribution >= 0.6 is 0 Å². The number of Topliss-reactive ketones (excluding diaryl/α,β-unsaturated/α-hetero) is 1. The minimum Gasteiger partial charge on any atom is -0.507 e. The molecule has 9 heteroatoms. The van der Waals surface area contributed by atoms with Gasteiger partial charge in [0.05, 0.1) is 23.1 Å². The highest BCUT2D eigenvalue weighted by Gasteiger charge is 2.46. The number of hydrogen-bond acceptors (Lipinski definition) is 7. The van der Waals surface area contributed by atoms with Gasteiger partial charge in [0.25, 0.3) is 17.4 Å². The molecule has 0 aliphatic carbocycles. The zero-order chi connectivity index (χ0) is 24.1. The highest BCUT2D eigenvalue weighted by atomic mass is 16.6. The molecule has 1 heterocycles. The van der Waals surface area contributed by atoms with E-state index >= 15 is 0 Å². The first kappa shape index (κ1) is 23.9. The summed E-state index contributed by atoms with van der Waals surface area (Å²) >= 11 is 0. The number of nitro groups is 1. The van der Waals surface area contributed by atoms with Gasteiger partial charge in [-0.25, -0.2) is 0 Å². The van der Waals surface area contributed by atoms with Crippen LogP contribution in [0.5, 0.6) is 5.75 Å². The highest BCUT2D eigenvalue weighted by Crippen LogP contribution is 2.40. The summed E-state index contributed by atoms with van der Waals surface area (Å²) in [6.45, 7) is 3.23. The molecule has 2 aromatic carbocycles. The maximum absolute atomic E-state index is 13.0. The third kappa shape index (κ3) is 5.20. The van der Waals surface area contributed by atoms with Crippen molar-refractivity contribution >= 4 is 23.1 Å². The normalized spacial score (nSPS) is 17.6. The van der Waals surface area contributed by atoms with Crippen LogP contribution in [0.4, 0.5) is 5.69 Å². The Morgan fingerprint density at radius 3 is 2.48 bits per heavy atom. The van der Waals surface area contributed by atoms with E-state index in [0.717, 1.165) is 6.42 Å². The number of carbonyl (C=O) groups excluding carboxylic acids is 2. The minimum atomic E-state index is -0.944. The number of benzene rings is 2. The molecule has 9 nitrogen and oxygen atoms in total. The Bertz CT molecular complexity index is 1080. The lowest BCUT2D eigenvalue weighted by Gasteiger charge is -2.26. The quantitative estimate of drug-likeness (QED) is 0.204. The van der Waals surface area contributed by atoms with Gasteiger partial charge in [-0.3, -0.25) is 19.7 Å².